The zero-order valence-electron chi connectivity index (χ0n) is 18.2. The lowest BCUT2D eigenvalue weighted by Gasteiger charge is -2.11. The van der Waals surface area contributed by atoms with E-state index in [1.807, 2.05) is 36.4 Å². The summed E-state index contributed by atoms with van der Waals surface area (Å²) in [7, 11) is 1.49. The van der Waals surface area contributed by atoms with Gasteiger partial charge < -0.3 is 4.74 Å². The lowest BCUT2D eigenvalue weighted by molar-refractivity contribution is -0.121. The molecule has 0 saturated heterocycles. The lowest BCUT2D eigenvalue weighted by Crippen LogP contribution is -2.42. The standard InChI is InChI=1S/C25H23ClN2O4S/c1-16(29)19-7-12-23(32-2)20(13-19)14-24(30)27-28-25(31)18-5-3-17(4-6-18)15-33-22-10-8-21(26)9-11-22/h3-13H,14-15H2,1-2H3,(H,27,30)(H,28,31). The number of methoxy groups -OCH3 is 1. The van der Waals surface area contributed by atoms with Crippen molar-refractivity contribution in [3.63, 3.8) is 0 Å². The number of rotatable bonds is 8. The van der Waals surface area contributed by atoms with Gasteiger partial charge in [0.05, 0.1) is 13.5 Å². The van der Waals surface area contributed by atoms with Crippen LogP contribution in [0.2, 0.25) is 5.02 Å². The fourth-order valence-electron chi connectivity index (χ4n) is 3.00. The molecule has 6 nitrogen and oxygen atoms in total. The Morgan fingerprint density at radius 3 is 2.21 bits per heavy atom. The number of ketones is 1. The highest BCUT2D eigenvalue weighted by Gasteiger charge is 2.13. The summed E-state index contributed by atoms with van der Waals surface area (Å²) in [5, 5.41) is 0.700. The number of nitrogens with one attached hydrogen (secondary N) is 2. The van der Waals surface area contributed by atoms with E-state index >= 15 is 0 Å². The largest absolute Gasteiger partial charge is 0.496 e. The van der Waals surface area contributed by atoms with Crippen LogP contribution < -0.4 is 15.6 Å². The topological polar surface area (TPSA) is 84.5 Å². The summed E-state index contributed by atoms with van der Waals surface area (Å²) in [5.74, 6) is 0.278. The van der Waals surface area contributed by atoms with E-state index < -0.39 is 11.8 Å². The maximum Gasteiger partial charge on any atom is 0.269 e. The van der Waals surface area contributed by atoms with Gasteiger partial charge in [0, 0.05) is 32.4 Å². The van der Waals surface area contributed by atoms with Crippen LogP contribution in [0.3, 0.4) is 0 Å². The summed E-state index contributed by atoms with van der Waals surface area (Å²) >= 11 is 7.57. The summed E-state index contributed by atoms with van der Waals surface area (Å²) in [5.41, 5.74) is 7.34. The highest BCUT2D eigenvalue weighted by molar-refractivity contribution is 7.98. The predicted octanol–water partition coefficient (Wildman–Crippen LogP) is 4.85. The van der Waals surface area contributed by atoms with Gasteiger partial charge >= 0.3 is 0 Å². The minimum atomic E-state index is -0.432. The molecule has 33 heavy (non-hydrogen) atoms. The van der Waals surface area contributed by atoms with Crippen molar-refractivity contribution in [1.82, 2.24) is 10.9 Å². The fourth-order valence-corrected chi connectivity index (χ4v) is 3.98. The van der Waals surface area contributed by atoms with Gasteiger partial charge in [0.25, 0.3) is 5.91 Å². The van der Waals surface area contributed by atoms with E-state index in [0.717, 1.165) is 16.2 Å². The number of amides is 2. The number of hydrogen-bond acceptors (Lipinski definition) is 5. The van der Waals surface area contributed by atoms with Gasteiger partial charge in [-0.05, 0) is 67.1 Å². The molecule has 170 valence electrons. The number of hydrogen-bond donors (Lipinski definition) is 2. The van der Waals surface area contributed by atoms with Crippen LogP contribution in [-0.2, 0) is 17.0 Å². The van der Waals surface area contributed by atoms with Crippen LogP contribution in [0.25, 0.3) is 0 Å². The molecule has 0 fully saturated rings. The SMILES string of the molecule is COc1ccc(C(C)=O)cc1CC(=O)NNC(=O)c1ccc(CSc2ccc(Cl)cc2)cc1. The second-order valence-electron chi connectivity index (χ2n) is 7.20. The fraction of sp³-hybridized carbons (Fsp3) is 0.160. The Hall–Kier alpha value is -3.29. The summed E-state index contributed by atoms with van der Waals surface area (Å²) in [4.78, 5) is 37.4. The second kappa shape index (κ2) is 11.5. The molecule has 3 rings (SSSR count). The van der Waals surface area contributed by atoms with E-state index in [1.54, 1.807) is 42.1 Å². The zero-order valence-corrected chi connectivity index (χ0v) is 19.8. The maximum absolute atomic E-state index is 12.4. The molecule has 3 aromatic carbocycles. The van der Waals surface area contributed by atoms with Gasteiger partial charge in [-0.25, -0.2) is 0 Å². The average molecular weight is 483 g/mol. The van der Waals surface area contributed by atoms with Crippen LogP contribution in [0, 0.1) is 0 Å². The van der Waals surface area contributed by atoms with Crippen LogP contribution >= 0.6 is 23.4 Å². The quantitative estimate of drug-likeness (QED) is 0.272. The van der Waals surface area contributed by atoms with E-state index in [0.29, 0.717) is 27.5 Å². The third-order valence-electron chi connectivity index (χ3n) is 4.79. The molecule has 0 aliphatic rings. The molecule has 0 heterocycles. The molecular weight excluding hydrogens is 460 g/mol. The van der Waals surface area contributed by atoms with E-state index in [4.69, 9.17) is 16.3 Å². The molecule has 0 aliphatic carbocycles. The third-order valence-corrected chi connectivity index (χ3v) is 6.12. The molecule has 2 amide bonds. The normalized spacial score (nSPS) is 10.4. The molecule has 0 spiro atoms. The summed E-state index contributed by atoms with van der Waals surface area (Å²) < 4.78 is 5.25. The van der Waals surface area contributed by atoms with Crippen LogP contribution in [0.15, 0.2) is 71.6 Å². The van der Waals surface area contributed by atoms with E-state index in [1.165, 1.54) is 14.0 Å². The number of thioether (sulfide) groups is 1. The number of ether oxygens (including phenoxy) is 1. The molecule has 3 aromatic rings. The number of halogens is 1. The van der Waals surface area contributed by atoms with E-state index in [-0.39, 0.29) is 12.2 Å². The Kier molecular flexibility index (Phi) is 8.52. The van der Waals surface area contributed by atoms with Gasteiger partial charge in [-0.3, -0.25) is 25.2 Å². The maximum atomic E-state index is 12.4. The summed E-state index contributed by atoms with van der Waals surface area (Å²) in [6.45, 7) is 1.45. The first-order valence-corrected chi connectivity index (χ1v) is 11.5. The second-order valence-corrected chi connectivity index (χ2v) is 8.69. The van der Waals surface area contributed by atoms with Crippen LogP contribution in [0.4, 0.5) is 0 Å². The Balaban J connectivity index is 1.52. The molecule has 0 unspecified atom stereocenters. The Morgan fingerprint density at radius 1 is 0.909 bits per heavy atom. The van der Waals surface area contributed by atoms with Gasteiger partial charge in [-0.2, -0.15) is 0 Å². The van der Waals surface area contributed by atoms with E-state index in [9.17, 15) is 14.4 Å². The molecule has 0 aromatic heterocycles. The molecule has 8 heteroatoms. The average Bonchev–Trinajstić information content (AvgIpc) is 2.82. The van der Waals surface area contributed by atoms with Crippen LogP contribution in [-0.4, -0.2) is 24.7 Å². The predicted molar refractivity (Wildman–Crippen MR) is 130 cm³/mol. The first-order chi connectivity index (χ1) is 15.9. The number of Topliss-reactive ketones (excluding diaryl/α,β-unsaturated/α-hetero) is 1. The molecule has 0 radical (unpaired) electrons. The molecule has 0 atom stereocenters. The minimum Gasteiger partial charge on any atom is -0.496 e. The van der Waals surface area contributed by atoms with E-state index in [2.05, 4.69) is 10.9 Å². The van der Waals surface area contributed by atoms with Gasteiger partial charge in [0.1, 0.15) is 5.75 Å². The van der Waals surface area contributed by atoms with Crippen molar-refractivity contribution in [3.8, 4) is 5.75 Å². The van der Waals surface area contributed by atoms with Crippen LogP contribution in [0.5, 0.6) is 5.75 Å². The number of benzene rings is 3. The minimum absolute atomic E-state index is 0.0502. The first kappa shape index (κ1) is 24.4. The van der Waals surface area contributed by atoms with Gasteiger partial charge in [0.15, 0.2) is 5.78 Å². The number of carbonyl (C=O) groups excluding carboxylic acids is 3. The van der Waals surface area contributed by atoms with Crippen molar-refractivity contribution in [2.75, 3.05) is 7.11 Å². The highest BCUT2D eigenvalue weighted by atomic mass is 35.5. The van der Waals surface area contributed by atoms with Gasteiger partial charge in [-0.1, -0.05) is 23.7 Å². The number of hydrazine groups is 1. The molecular formula is C25H23ClN2O4S. The smallest absolute Gasteiger partial charge is 0.269 e. The van der Waals surface area contributed by atoms with Gasteiger partial charge in [-0.15, -0.1) is 11.8 Å². The van der Waals surface area contributed by atoms with Crippen molar-refractivity contribution in [2.24, 2.45) is 0 Å². The Bertz CT molecular complexity index is 1150. The van der Waals surface area contributed by atoms with Crippen LogP contribution in [0.1, 0.15) is 38.8 Å². The van der Waals surface area contributed by atoms with Crippen molar-refractivity contribution >= 4 is 41.0 Å². The third kappa shape index (κ3) is 7.10. The monoisotopic (exact) mass is 482 g/mol. The van der Waals surface area contributed by atoms with Crippen molar-refractivity contribution in [2.45, 2.75) is 24.0 Å². The van der Waals surface area contributed by atoms with Crippen molar-refractivity contribution in [1.29, 1.82) is 0 Å². The summed E-state index contributed by atoms with van der Waals surface area (Å²) in [6.07, 6.45) is -0.0502. The Labute approximate surface area is 201 Å². The number of carbonyl (C=O) groups is 3. The lowest BCUT2D eigenvalue weighted by atomic mass is 10.0. The molecule has 0 saturated carbocycles. The molecule has 0 aliphatic heterocycles. The molecule has 0 bridgehead atoms. The Morgan fingerprint density at radius 2 is 1.58 bits per heavy atom. The van der Waals surface area contributed by atoms with Gasteiger partial charge in [0.2, 0.25) is 5.91 Å². The molecule has 2 N–H and O–H groups in total. The van der Waals surface area contributed by atoms with Crippen molar-refractivity contribution < 1.29 is 19.1 Å². The first-order valence-electron chi connectivity index (χ1n) is 10.1. The highest BCUT2D eigenvalue weighted by Crippen LogP contribution is 2.24. The summed E-state index contributed by atoms with van der Waals surface area (Å²) in [6, 6.07) is 19.7. The van der Waals surface area contributed by atoms with Crippen molar-refractivity contribution in [3.05, 3.63) is 94.0 Å². The zero-order chi connectivity index (χ0) is 23.8.